The second-order valence-electron chi connectivity index (χ2n) is 6.57. The predicted molar refractivity (Wildman–Crippen MR) is 109 cm³/mol. The molecule has 0 radical (unpaired) electrons. The van der Waals surface area contributed by atoms with Crippen molar-refractivity contribution in [3.05, 3.63) is 95.9 Å². The maximum atomic E-state index is 12.3. The molecule has 28 heavy (non-hydrogen) atoms. The zero-order chi connectivity index (χ0) is 19.2. The van der Waals surface area contributed by atoms with Crippen molar-refractivity contribution in [3.8, 4) is 5.75 Å². The van der Waals surface area contributed by atoms with Crippen LogP contribution in [0.25, 0.3) is 10.9 Å². The summed E-state index contributed by atoms with van der Waals surface area (Å²) >= 11 is 0. The average molecular weight is 371 g/mol. The van der Waals surface area contributed by atoms with Crippen molar-refractivity contribution in [1.29, 1.82) is 0 Å². The molecule has 4 aromatic rings. The Morgan fingerprint density at radius 2 is 1.82 bits per heavy atom. The first-order valence-electron chi connectivity index (χ1n) is 9.24. The average Bonchev–Trinajstić information content (AvgIpc) is 3.18. The minimum Gasteiger partial charge on any atom is -0.489 e. The molecule has 0 saturated heterocycles. The minimum absolute atomic E-state index is 0.112. The minimum atomic E-state index is -0.112. The van der Waals surface area contributed by atoms with E-state index in [0.717, 1.165) is 34.2 Å². The number of hydrogen-bond acceptors (Lipinski definition) is 3. The van der Waals surface area contributed by atoms with E-state index in [4.69, 9.17) is 4.74 Å². The number of carbonyl (C=O) groups is 1. The van der Waals surface area contributed by atoms with Gasteiger partial charge in [-0.05, 0) is 41.8 Å². The second-order valence-corrected chi connectivity index (χ2v) is 6.57. The van der Waals surface area contributed by atoms with Crippen LogP contribution in [0.15, 0.2) is 79.1 Å². The number of nitrogens with zero attached hydrogens (tertiary/aromatic N) is 1. The summed E-state index contributed by atoms with van der Waals surface area (Å²) in [5.41, 5.74) is 3.74. The first-order valence-corrected chi connectivity index (χ1v) is 9.24. The van der Waals surface area contributed by atoms with Crippen LogP contribution >= 0.6 is 0 Å². The molecule has 0 aliphatic rings. The smallest absolute Gasteiger partial charge is 0.267 e. The number of benzene rings is 2. The number of fused-ring (bicyclic) bond motifs is 1. The third-order valence-electron chi connectivity index (χ3n) is 4.54. The number of amides is 1. The van der Waals surface area contributed by atoms with E-state index in [-0.39, 0.29) is 5.91 Å². The summed E-state index contributed by atoms with van der Waals surface area (Å²) in [6, 6.07) is 21.7. The van der Waals surface area contributed by atoms with Crippen molar-refractivity contribution in [2.75, 3.05) is 6.54 Å². The SMILES string of the molecule is O=C(NCCc1ccc(OCc2ccccc2)cc1)c1cc2cnccc2[nH]1. The van der Waals surface area contributed by atoms with Crippen LogP contribution in [0.5, 0.6) is 5.75 Å². The van der Waals surface area contributed by atoms with Gasteiger partial charge < -0.3 is 15.0 Å². The zero-order valence-corrected chi connectivity index (χ0v) is 15.4. The van der Waals surface area contributed by atoms with Gasteiger partial charge in [0.2, 0.25) is 0 Å². The van der Waals surface area contributed by atoms with Crippen LogP contribution in [-0.4, -0.2) is 22.4 Å². The van der Waals surface area contributed by atoms with Crippen molar-refractivity contribution in [3.63, 3.8) is 0 Å². The van der Waals surface area contributed by atoms with Gasteiger partial charge in [0.15, 0.2) is 0 Å². The molecule has 2 aromatic carbocycles. The second kappa shape index (κ2) is 8.39. The zero-order valence-electron chi connectivity index (χ0n) is 15.4. The van der Waals surface area contributed by atoms with Crippen LogP contribution in [0.1, 0.15) is 21.6 Å². The lowest BCUT2D eigenvalue weighted by Gasteiger charge is -2.08. The molecule has 1 amide bonds. The maximum Gasteiger partial charge on any atom is 0.267 e. The standard InChI is InChI=1S/C23H21N3O2/c27-23(22-14-19-15-24-12-11-21(19)26-22)25-13-10-17-6-8-20(9-7-17)28-16-18-4-2-1-3-5-18/h1-9,11-12,14-15,26H,10,13,16H2,(H,25,27). The van der Waals surface area contributed by atoms with Crippen molar-refractivity contribution >= 4 is 16.8 Å². The Morgan fingerprint density at radius 1 is 1.00 bits per heavy atom. The molecule has 2 heterocycles. The largest absolute Gasteiger partial charge is 0.489 e. The van der Waals surface area contributed by atoms with Crippen LogP contribution < -0.4 is 10.1 Å². The molecule has 2 N–H and O–H groups in total. The van der Waals surface area contributed by atoms with Gasteiger partial charge in [0.1, 0.15) is 18.1 Å². The fourth-order valence-corrected chi connectivity index (χ4v) is 3.00. The highest BCUT2D eigenvalue weighted by atomic mass is 16.5. The van der Waals surface area contributed by atoms with Gasteiger partial charge in [0, 0.05) is 29.8 Å². The number of hydrogen-bond donors (Lipinski definition) is 2. The van der Waals surface area contributed by atoms with Crippen molar-refractivity contribution < 1.29 is 9.53 Å². The first kappa shape index (κ1) is 17.8. The van der Waals surface area contributed by atoms with E-state index in [2.05, 4.69) is 15.3 Å². The Hall–Kier alpha value is -3.60. The molecule has 5 nitrogen and oxygen atoms in total. The lowest BCUT2D eigenvalue weighted by Crippen LogP contribution is -2.25. The number of carbonyl (C=O) groups excluding carboxylic acids is 1. The molecule has 0 unspecified atom stereocenters. The van der Waals surface area contributed by atoms with Gasteiger partial charge in [-0.25, -0.2) is 0 Å². The van der Waals surface area contributed by atoms with E-state index >= 15 is 0 Å². The highest BCUT2D eigenvalue weighted by molar-refractivity contribution is 5.97. The van der Waals surface area contributed by atoms with Gasteiger partial charge in [-0.2, -0.15) is 0 Å². The number of aromatic nitrogens is 2. The lowest BCUT2D eigenvalue weighted by atomic mass is 10.1. The molecule has 4 rings (SSSR count). The van der Waals surface area contributed by atoms with Crippen LogP contribution in [-0.2, 0) is 13.0 Å². The van der Waals surface area contributed by atoms with Gasteiger partial charge in [-0.3, -0.25) is 9.78 Å². The van der Waals surface area contributed by atoms with Gasteiger partial charge in [0.05, 0.1) is 0 Å². The van der Waals surface area contributed by atoms with Crippen molar-refractivity contribution in [2.24, 2.45) is 0 Å². The summed E-state index contributed by atoms with van der Waals surface area (Å²) < 4.78 is 5.80. The third kappa shape index (κ3) is 4.38. The van der Waals surface area contributed by atoms with Gasteiger partial charge in [-0.15, -0.1) is 0 Å². The molecule has 0 aliphatic heterocycles. The topological polar surface area (TPSA) is 67.0 Å². The molecule has 0 bridgehead atoms. The maximum absolute atomic E-state index is 12.3. The Labute approximate surface area is 163 Å². The summed E-state index contributed by atoms with van der Waals surface area (Å²) in [4.78, 5) is 19.5. The van der Waals surface area contributed by atoms with Crippen LogP contribution in [0.3, 0.4) is 0 Å². The van der Waals surface area contributed by atoms with Gasteiger partial charge in [0.25, 0.3) is 5.91 Å². The van der Waals surface area contributed by atoms with Crippen LogP contribution in [0, 0.1) is 0 Å². The monoisotopic (exact) mass is 371 g/mol. The van der Waals surface area contributed by atoms with E-state index < -0.39 is 0 Å². The fraction of sp³-hybridized carbons (Fsp3) is 0.130. The summed E-state index contributed by atoms with van der Waals surface area (Å²) in [6.45, 7) is 1.12. The number of rotatable bonds is 7. The number of aromatic amines is 1. The fourth-order valence-electron chi connectivity index (χ4n) is 3.00. The predicted octanol–water partition coefficient (Wildman–Crippen LogP) is 4.11. The molecule has 0 fully saturated rings. The summed E-state index contributed by atoms with van der Waals surface area (Å²) in [5.74, 6) is 0.724. The molecular weight excluding hydrogens is 350 g/mol. The van der Waals surface area contributed by atoms with E-state index in [1.165, 1.54) is 0 Å². The molecule has 0 aliphatic carbocycles. The summed E-state index contributed by atoms with van der Waals surface area (Å²) in [7, 11) is 0. The number of pyridine rings is 1. The number of ether oxygens (including phenoxy) is 1. The summed E-state index contributed by atoms with van der Waals surface area (Å²) in [5, 5.41) is 3.88. The van der Waals surface area contributed by atoms with Crippen LogP contribution in [0.4, 0.5) is 0 Å². The van der Waals surface area contributed by atoms with Crippen molar-refractivity contribution in [2.45, 2.75) is 13.0 Å². The molecule has 0 atom stereocenters. The van der Waals surface area contributed by atoms with Crippen LogP contribution in [0.2, 0.25) is 0 Å². The van der Waals surface area contributed by atoms with E-state index in [0.29, 0.717) is 18.8 Å². The Morgan fingerprint density at radius 3 is 2.61 bits per heavy atom. The first-order chi connectivity index (χ1) is 13.8. The Bertz CT molecular complexity index is 1020. The van der Waals surface area contributed by atoms with Crippen molar-refractivity contribution in [1.82, 2.24) is 15.3 Å². The quantitative estimate of drug-likeness (QED) is 0.514. The van der Waals surface area contributed by atoms with Gasteiger partial charge >= 0.3 is 0 Å². The number of H-pyrrole nitrogens is 1. The molecular formula is C23H21N3O2. The highest BCUT2D eigenvalue weighted by Gasteiger charge is 2.08. The Balaban J connectivity index is 1.26. The summed E-state index contributed by atoms with van der Waals surface area (Å²) in [6.07, 6.45) is 4.20. The van der Waals surface area contributed by atoms with E-state index in [1.807, 2.05) is 66.7 Å². The number of nitrogens with one attached hydrogen (secondary N) is 2. The normalized spacial score (nSPS) is 10.7. The lowest BCUT2D eigenvalue weighted by molar-refractivity contribution is 0.0950. The molecule has 0 saturated carbocycles. The van der Waals surface area contributed by atoms with E-state index in [1.54, 1.807) is 12.4 Å². The molecule has 5 heteroatoms. The molecule has 2 aromatic heterocycles. The third-order valence-corrected chi connectivity index (χ3v) is 4.54. The molecule has 140 valence electrons. The van der Waals surface area contributed by atoms with E-state index in [9.17, 15) is 4.79 Å². The Kier molecular flexibility index (Phi) is 5.33. The molecule has 0 spiro atoms. The highest BCUT2D eigenvalue weighted by Crippen LogP contribution is 2.15. The van der Waals surface area contributed by atoms with Gasteiger partial charge in [-0.1, -0.05) is 42.5 Å².